The van der Waals surface area contributed by atoms with Crippen LogP contribution in [0.1, 0.15) is 6.92 Å². The van der Waals surface area contributed by atoms with Crippen molar-refractivity contribution in [1.82, 2.24) is 0 Å². The van der Waals surface area contributed by atoms with Crippen LogP contribution in [0.2, 0.25) is 0 Å². The minimum absolute atomic E-state index is 0.205. The zero-order valence-electron chi connectivity index (χ0n) is 4.47. The number of hydrogen-bond acceptors (Lipinski definition) is 1. The molecule has 0 rings (SSSR count). The summed E-state index contributed by atoms with van der Waals surface area (Å²) in [4.78, 5) is 0.611. The molecule has 1 unspecified atom stereocenters. The topological polar surface area (TPSA) is 0 Å². The Morgan fingerprint density at radius 1 is 1.50 bits per heavy atom. The van der Waals surface area contributed by atoms with E-state index in [1.165, 1.54) is 0 Å². The average Bonchev–Trinajstić information content (AvgIpc) is 1.36. The summed E-state index contributed by atoms with van der Waals surface area (Å²) >= 11 is 4.22. The summed E-state index contributed by atoms with van der Waals surface area (Å²) < 4.78 is 0. The van der Waals surface area contributed by atoms with Crippen molar-refractivity contribution in [2.45, 2.75) is 11.9 Å². The molecule has 0 aromatic rings. The number of rotatable bonds is 1. The Kier molecular flexibility index (Phi) is 3.25. The SMILES string of the molecule is CC(S)P(C)C. The molecule has 6 heavy (non-hydrogen) atoms. The van der Waals surface area contributed by atoms with Crippen LogP contribution in [0.3, 0.4) is 0 Å². The van der Waals surface area contributed by atoms with Crippen molar-refractivity contribution in [3.8, 4) is 0 Å². The lowest BCUT2D eigenvalue weighted by Gasteiger charge is -2.05. The fourth-order valence-corrected chi connectivity index (χ4v) is 0. The lowest BCUT2D eigenvalue weighted by molar-refractivity contribution is 1.41. The van der Waals surface area contributed by atoms with Crippen LogP contribution in [-0.4, -0.2) is 18.3 Å². The smallest absolute Gasteiger partial charge is 0.0184 e. The second-order valence-corrected chi connectivity index (χ2v) is 5.48. The molecule has 0 bridgehead atoms. The van der Waals surface area contributed by atoms with Crippen LogP contribution in [0.25, 0.3) is 0 Å². The van der Waals surface area contributed by atoms with Crippen molar-refractivity contribution in [3.63, 3.8) is 0 Å². The molecule has 0 aliphatic heterocycles. The van der Waals surface area contributed by atoms with E-state index in [-0.39, 0.29) is 7.92 Å². The van der Waals surface area contributed by atoms with Crippen LogP contribution in [0.4, 0.5) is 0 Å². The Morgan fingerprint density at radius 3 is 1.67 bits per heavy atom. The third kappa shape index (κ3) is 2.99. The van der Waals surface area contributed by atoms with Gasteiger partial charge in [0.2, 0.25) is 0 Å². The van der Waals surface area contributed by atoms with E-state index in [0.717, 1.165) is 0 Å². The fraction of sp³-hybridized carbons (Fsp3) is 1.00. The van der Waals surface area contributed by atoms with Gasteiger partial charge in [-0.2, -0.15) is 12.6 Å². The first kappa shape index (κ1) is 6.78. The highest BCUT2D eigenvalue weighted by atomic mass is 32.1. The molecule has 0 heterocycles. The highest BCUT2D eigenvalue weighted by molar-refractivity contribution is 7.90. The van der Waals surface area contributed by atoms with Crippen LogP contribution in [0, 0.1) is 0 Å². The molecule has 0 aromatic heterocycles. The van der Waals surface area contributed by atoms with E-state index in [0.29, 0.717) is 4.99 Å². The van der Waals surface area contributed by atoms with Crippen LogP contribution >= 0.6 is 20.6 Å². The van der Waals surface area contributed by atoms with Crippen molar-refractivity contribution in [3.05, 3.63) is 0 Å². The predicted octanol–water partition coefficient (Wildman–Crippen LogP) is 2.00. The largest absolute Gasteiger partial charge is 0.172 e. The zero-order valence-corrected chi connectivity index (χ0v) is 6.26. The molecule has 0 saturated carbocycles. The standard InChI is InChI=1S/C4H11PS/c1-4(6)5(2)3/h4,6H,1-3H3. The first-order chi connectivity index (χ1) is 2.64. The first-order valence-corrected chi connectivity index (χ1v) is 4.81. The molecule has 0 N–H and O–H groups in total. The Balaban J connectivity index is 2.99. The van der Waals surface area contributed by atoms with Crippen molar-refractivity contribution in [1.29, 1.82) is 0 Å². The summed E-state index contributed by atoms with van der Waals surface area (Å²) in [7, 11) is 0.205. The van der Waals surface area contributed by atoms with Crippen LogP contribution in [0.5, 0.6) is 0 Å². The lowest BCUT2D eigenvalue weighted by atomic mass is 11.0. The molecule has 0 radical (unpaired) electrons. The van der Waals surface area contributed by atoms with Crippen LogP contribution in [0.15, 0.2) is 0 Å². The molecule has 38 valence electrons. The van der Waals surface area contributed by atoms with Gasteiger partial charge in [-0.3, -0.25) is 0 Å². The second-order valence-electron chi connectivity index (χ2n) is 1.60. The molecule has 0 amide bonds. The fourth-order valence-electron chi connectivity index (χ4n) is 0. The molecule has 0 fully saturated rings. The van der Waals surface area contributed by atoms with Gasteiger partial charge in [0.15, 0.2) is 0 Å². The molecule has 0 aliphatic carbocycles. The predicted molar refractivity (Wildman–Crippen MR) is 37.2 cm³/mol. The minimum atomic E-state index is 0.205. The van der Waals surface area contributed by atoms with E-state index < -0.39 is 0 Å². The van der Waals surface area contributed by atoms with Gasteiger partial charge in [0, 0.05) is 4.99 Å². The van der Waals surface area contributed by atoms with Crippen LogP contribution < -0.4 is 0 Å². The Labute approximate surface area is 46.5 Å². The normalized spacial score (nSPS) is 15.5. The van der Waals surface area contributed by atoms with Gasteiger partial charge >= 0.3 is 0 Å². The third-order valence-corrected chi connectivity index (χ3v) is 3.63. The zero-order chi connectivity index (χ0) is 5.15. The van der Waals surface area contributed by atoms with E-state index in [1.807, 2.05) is 0 Å². The van der Waals surface area contributed by atoms with Gasteiger partial charge in [0.1, 0.15) is 0 Å². The molecule has 0 aliphatic rings. The van der Waals surface area contributed by atoms with Gasteiger partial charge in [-0.1, -0.05) is 0 Å². The molecule has 1 atom stereocenters. The first-order valence-electron chi connectivity index (χ1n) is 1.99. The van der Waals surface area contributed by atoms with E-state index in [2.05, 4.69) is 32.9 Å². The van der Waals surface area contributed by atoms with Crippen molar-refractivity contribution >= 4 is 20.6 Å². The summed E-state index contributed by atoms with van der Waals surface area (Å²) in [6, 6.07) is 0. The lowest BCUT2D eigenvalue weighted by Crippen LogP contribution is -1.82. The van der Waals surface area contributed by atoms with E-state index in [4.69, 9.17) is 0 Å². The Morgan fingerprint density at radius 2 is 1.67 bits per heavy atom. The number of thiol groups is 1. The summed E-state index contributed by atoms with van der Waals surface area (Å²) in [6.07, 6.45) is 0. The average molecular weight is 122 g/mol. The van der Waals surface area contributed by atoms with E-state index in [1.54, 1.807) is 0 Å². The minimum Gasteiger partial charge on any atom is -0.172 e. The quantitative estimate of drug-likeness (QED) is 0.399. The maximum Gasteiger partial charge on any atom is 0.0184 e. The second kappa shape index (κ2) is 2.87. The van der Waals surface area contributed by atoms with Crippen molar-refractivity contribution in [2.24, 2.45) is 0 Å². The maximum absolute atomic E-state index is 4.22. The molecule has 2 heteroatoms. The maximum atomic E-state index is 4.22. The molecule has 0 nitrogen and oxygen atoms in total. The van der Waals surface area contributed by atoms with Gasteiger partial charge < -0.3 is 0 Å². The molecule has 0 spiro atoms. The highest BCUT2D eigenvalue weighted by Crippen LogP contribution is 2.33. The molecule has 0 saturated heterocycles. The van der Waals surface area contributed by atoms with Gasteiger partial charge in [0.05, 0.1) is 0 Å². The van der Waals surface area contributed by atoms with E-state index in [9.17, 15) is 0 Å². The third-order valence-electron chi connectivity index (χ3n) is 0.747. The summed E-state index contributed by atoms with van der Waals surface area (Å²) in [5.74, 6) is 0. The monoisotopic (exact) mass is 122 g/mol. The molecular formula is C4H11PS. The molecule has 0 aromatic carbocycles. The van der Waals surface area contributed by atoms with E-state index >= 15 is 0 Å². The van der Waals surface area contributed by atoms with Crippen LogP contribution in [-0.2, 0) is 0 Å². The molecular weight excluding hydrogens is 111 g/mol. The highest BCUT2D eigenvalue weighted by Gasteiger charge is 1.95. The van der Waals surface area contributed by atoms with Gasteiger partial charge in [-0.15, -0.1) is 7.92 Å². The Bertz CT molecular complexity index is 28.5. The summed E-state index contributed by atoms with van der Waals surface area (Å²) in [6.45, 7) is 6.59. The van der Waals surface area contributed by atoms with Crippen molar-refractivity contribution in [2.75, 3.05) is 13.3 Å². The summed E-state index contributed by atoms with van der Waals surface area (Å²) in [5, 5.41) is 0. The van der Waals surface area contributed by atoms with Gasteiger partial charge in [0.25, 0.3) is 0 Å². The Hall–Kier alpha value is 0.780. The summed E-state index contributed by atoms with van der Waals surface area (Å²) in [5.41, 5.74) is 0. The van der Waals surface area contributed by atoms with Gasteiger partial charge in [-0.05, 0) is 20.3 Å². The van der Waals surface area contributed by atoms with Gasteiger partial charge in [-0.25, -0.2) is 0 Å². The van der Waals surface area contributed by atoms with Crippen molar-refractivity contribution < 1.29 is 0 Å². The number of hydrogen-bond donors (Lipinski definition) is 1.